The Morgan fingerprint density at radius 3 is 2.83 bits per heavy atom. The van der Waals surface area contributed by atoms with Crippen molar-refractivity contribution >= 4 is 23.4 Å². The minimum Gasteiger partial charge on any atom is -0.370 e. The Morgan fingerprint density at radius 1 is 1.44 bits per heavy atom. The third kappa shape index (κ3) is 5.35. The maximum atomic E-state index is 13.3. The fraction of sp³-hybridized carbons (Fsp3) is 0.417. The van der Waals surface area contributed by atoms with Crippen molar-refractivity contribution < 1.29 is 8.78 Å². The summed E-state index contributed by atoms with van der Waals surface area (Å²) in [6, 6.07) is 3.13. The molecule has 0 aliphatic carbocycles. The third-order valence-electron chi connectivity index (χ3n) is 2.02. The Balaban J connectivity index is 2.50. The molecule has 0 saturated heterocycles. The number of anilines is 1. The molecule has 6 heteroatoms. The van der Waals surface area contributed by atoms with Gasteiger partial charge in [-0.1, -0.05) is 13.8 Å². The van der Waals surface area contributed by atoms with Crippen LogP contribution in [-0.4, -0.2) is 23.5 Å². The monoisotopic (exact) mass is 273 g/mol. The second kappa shape index (κ2) is 7.20. The van der Waals surface area contributed by atoms with Crippen LogP contribution in [0.1, 0.15) is 13.8 Å². The Labute approximate surface area is 110 Å². The molecule has 0 spiro atoms. The Hall–Kier alpha value is -1.30. The highest BCUT2D eigenvalue weighted by atomic mass is 32.2. The van der Waals surface area contributed by atoms with Crippen molar-refractivity contribution in [2.45, 2.75) is 19.1 Å². The molecule has 0 radical (unpaired) electrons. The highest BCUT2D eigenvalue weighted by molar-refractivity contribution is 7.99. The largest absolute Gasteiger partial charge is 0.370 e. The minimum atomic E-state index is -0.564. The van der Waals surface area contributed by atoms with Crippen LogP contribution in [0.2, 0.25) is 0 Å². The van der Waals surface area contributed by atoms with Gasteiger partial charge in [0.1, 0.15) is 11.6 Å². The number of nitrogens with two attached hydrogens (primary N) is 1. The highest BCUT2D eigenvalue weighted by Gasteiger charge is 2.04. The molecule has 100 valence electrons. The lowest BCUT2D eigenvalue weighted by Crippen LogP contribution is -2.23. The van der Waals surface area contributed by atoms with E-state index in [9.17, 15) is 8.78 Å². The van der Waals surface area contributed by atoms with Crippen molar-refractivity contribution in [2.75, 3.05) is 17.6 Å². The third-order valence-corrected chi connectivity index (χ3v) is 3.10. The van der Waals surface area contributed by atoms with Crippen molar-refractivity contribution in [3.8, 4) is 0 Å². The number of nitrogens with one attached hydrogen (secondary N) is 1. The first kappa shape index (κ1) is 14.8. The van der Waals surface area contributed by atoms with Crippen LogP contribution in [0, 0.1) is 11.6 Å². The van der Waals surface area contributed by atoms with Crippen molar-refractivity contribution in [2.24, 2.45) is 10.7 Å². The van der Waals surface area contributed by atoms with Gasteiger partial charge in [0.2, 0.25) is 0 Å². The van der Waals surface area contributed by atoms with Gasteiger partial charge in [0.25, 0.3) is 0 Å². The van der Waals surface area contributed by atoms with E-state index in [-0.39, 0.29) is 11.6 Å². The number of hydrogen-bond acceptors (Lipinski definition) is 2. The van der Waals surface area contributed by atoms with Crippen LogP contribution >= 0.6 is 11.8 Å². The van der Waals surface area contributed by atoms with Gasteiger partial charge in [0.05, 0.1) is 12.2 Å². The number of rotatable bonds is 5. The van der Waals surface area contributed by atoms with E-state index in [0.29, 0.717) is 11.8 Å². The number of thioether (sulfide) groups is 1. The number of benzene rings is 1. The summed E-state index contributed by atoms with van der Waals surface area (Å²) < 4.78 is 26.2. The first-order valence-electron chi connectivity index (χ1n) is 5.62. The summed E-state index contributed by atoms with van der Waals surface area (Å²) in [5.74, 6) is -0.164. The Kier molecular flexibility index (Phi) is 5.91. The second-order valence-electron chi connectivity index (χ2n) is 3.94. The van der Waals surface area contributed by atoms with E-state index in [1.165, 1.54) is 0 Å². The van der Waals surface area contributed by atoms with Gasteiger partial charge in [-0.15, -0.1) is 0 Å². The van der Waals surface area contributed by atoms with Crippen LogP contribution < -0.4 is 11.1 Å². The average Bonchev–Trinajstić information content (AvgIpc) is 2.29. The molecule has 0 aromatic heterocycles. The Morgan fingerprint density at radius 2 is 2.17 bits per heavy atom. The number of aliphatic imine (C=N–C) groups is 1. The van der Waals surface area contributed by atoms with Gasteiger partial charge >= 0.3 is 0 Å². The van der Waals surface area contributed by atoms with E-state index in [2.05, 4.69) is 24.2 Å². The number of halogens is 2. The molecular weight excluding hydrogens is 256 g/mol. The molecule has 0 saturated carbocycles. The average molecular weight is 273 g/mol. The van der Waals surface area contributed by atoms with Gasteiger partial charge in [-0.3, -0.25) is 4.99 Å². The molecule has 1 aromatic rings. The standard InChI is InChI=1S/C12H17F2N3S/c1-8(2)18-6-5-16-12(15)17-11-7-9(13)3-4-10(11)14/h3-4,7-8H,5-6H2,1-2H3,(H3,15,16,17). The molecule has 0 unspecified atom stereocenters. The van der Waals surface area contributed by atoms with Crippen LogP contribution in [-0.2, 0) is 0 Å². The van der Waals surface area contributed by atoms with Gasteiger partial charge in [-0.05, 0) is 17.4 Å². The van der Waals surface area contributed by atoms with E-state index < -0.39 is 11.6 Å². The molecule has 3 nitrogen and oxygen atoms in total. The molecule has 0 aliphatic rings. The van der Waals surface area contributed by atoms with Gasteiger partial charge < -0.3 is 11.1 Å². The summed E-state index contributed by atoms with van der Waals surface area (Å²) >= 11 is 1.76. The van der Waals surface area contributed by atoms with Crippen molar-refractivity contribution in [3.05, 3.63) is 29.8 Å². The molecule has 1 rings (SSSR count). The van der Waals surface area contributed by atoms with Crippen molar-refractivity contribution in [1.29, 1.82) is 0 Å². The second-order valence-corrected chi connectivity index (χ2v) is 5.62. The molecule has 0 fully saturated rings. The molecule has 0 heterocycles. The van der Waals surface area contributed by atoms with Crippen molar-refractivity contribution in [1.82, 2.24) is 0 Å². The molecule has 0 bridgehead atoms. The first-order chi connectivity index (χ1) is 8.49. The van der Waals surface area contributed by atoms with Crippen LogP contribution in [0.4, 0.5) is 14.5 Å². The summed E-state index contributed by atoms with van der Waals surface area (Å²) in [7, 11) is 0. The maximum absolute atomic E-state index is 13.3. The summed E-state index contributed by atoms with van der Waals surface area (Å²) in [6.07, 6.45) is 0. The maximum Gasteiger partial charge on any atom is 0.193 e. The lowest BCUT2D eigenvalue weighted by atomic mass is 10.3. The molecule has 3 N–H and O–H groups in total. The normalized spacial score (nSPS) is 11.9. The van der Waals surface area contributed by atoms with Crippen molar-refractivity contribution in [3.63, 3.8) is 0 Å². The smallest absolute Gasteiger partial charge is 0.193 e. The SMILES string of the molecule is CC(C)SCCN=C(N)Nc1cc(F)ccc1F. The van der Waals surface area contributed by atoms with E-state index >= 15 is 0 Å². The molecule has 0 aliphatic heterocycles. The minimum absolute atomic E-state index is 0.00670. The zero-order chi connectivity index (χ0) is 13.5. The van der Waals surface area contributed by atoms with Crippen LogP contribution in [0.5, 0.6) is 0 Å². The lowest BCUT2D eigenvalue weighted by molar-refractivity contribution is 0.604. The molecule has 1 aromatic carbocycles. The molecule has 0 amide bonds. The van der Waals surface area contributed by atoms with Gasteiger partial charge in [0, 0.05) is 11.8 Å². The summed E-state index contributed by atoms with van der Waals surface area (Å²) in [5, 5.41) is 3.08. The number of nitrogens with zero attached hydrogens (tertiary/aromatic N) is 1. The topological polar surface area (TPSA) is 50.4 Å². The molecular formula is C12H17F2N3S. The predicted octanol–water partition coefficient (Wildman–Crippen LogP) is 2.83. The van der Waals surface area contributed by atoms with Crippen LogP contribution in [0.25, 0.3) is 0 Å². The van der Waals surface area contributed by atoms with Crippen LogP contribution in [0.3, 0.4) is 0 Å². The first-order valence-corrected chi connectivity index (χ1v) is 6.67. The Bertz CT molecular complexity index is 422. The zero-order valence-corrected chi connectivity index (χ0v) is 11.2. The van der Waals surface area contributed by atoms with Gasteiger partial charge in [-0.25, -0.2) is 8.78 Å². The van der Waals surface area contributed by atoms with Gasteiger partial charge in [-0.2, -0.15) is 11.8 Å². The van der Waals surface area contributed by atoms with E-state index in [4.69, 9.17) is 5.73 Å². The number of guanidine groups is 1. The predicted molar refractivity (Wildman–Crippen MR) is 74.1 cm³/mol. The fourth-order valence-electron chi connectivity index (χ4n) is 1.23. The molecule has 18 heavy (non-hydrogen) atoms. The summed E-state index contributed by atoms with van der Waals surface area (Å²) in [5.41, 5.74) is 5.58. The molecule has 0 atom stereocenters. The van der Waals surface area contributed by atoms with E-state index in [0.717, 1.165) is 24.0 Å². The van der Waals surface area contributed by atoms with E-state index in [1.54, 1.807) is 11.8 Å². The fourth-order valence-corrected chi connectivity index (χ4v) is 1.89. The van der Waals surface area contributed by atoms with Gasteiger partial charge in [0.15, 0.2) is 5.96 Å². The summed E-state index contributed by atoms with van der Waals surface area (Å²) in [6.45, 7) is 4.73. The van der Waals surface area contributed by atoms with E-state index in [1.807, 2.05) is 0 Å². The highest BCUT2D eigenvalue weighted by Crippen LogP contribution is 2.14. The summed E-state index contributed by atoms with van der Waals surface area (Å²) in [4.78, 5) is 4.04. The zero-order valence-electron chi connectivity index (χ0n) is 10.4. The van der Waals surface area contributed by atoms with Crippen LogP contribution in [0.15, 0.2) is 23.2 Å². The quantitative estimate of drug-likeness (QED) is 0.493. The lowest BCUT2D eigenvalue weighted by Gasteiger charge is -2.07. The number of hydrogen-bond donors (Lipinski definition) is 2.